The molecule has 0 aromatic carbocycles. The minimum atomic E-state index is -0.731. The van der Waals surface area contributed by atoms with Gasteiger partial charge >= 0.3 is 5.97 Å². The highest BCUT2D eigenvalue weighted by molar-refractivity contribution is 5.92. The van der Waals surface area contributed by atoms with E-state index in [1.807, 2.05) is 12.2 Å². The van der Waals surface area contributed by atoms with Crippen LogP contribution in [0.15, 0.2) is 23.1 Å². The number of unbranched alkanes of at least 4 members (excludes halogenated alkanes) is 6. The van der Waals surface area contributed by atoms with Gasteiger partial charge in [-0.05, 0) is 25.3 Å². The molecule has 0 aliphatic carbocycles. The quantitative estimate of drug-likeness (QED) is 0.544. The third-order valence-electron chi connectivity index (χ3n) is 3.51. The van der Waals surface area contributed by atoms with Crippen LogP contribution in [0.4, 0.5) is 0 Å². The molecule has 0 fully saturated rings. The maximum Gasteiger partial charge on any atom is 0.303 e. The van der Waals surface area contributed by atoms with Crippen molar-refractivity contribution in [3.63, 3.8) is 0 Å². The number of pyridine rings is 1. The molecule has 1 rings (SSSR count). The SMILES string of the molecule is NC(=O)c1c[nH]c(C=CCCCCCCCCC(=O)O)cc1=O. The molecular formula is C17H24N2O4. The third kappa shape index (κ3) is 7.99. The Balaban J connectivity index is 2.17. The van der Waals surface area contributed by atoms with Gasteiger partial charge in [-0.1, -0.05) is 31.8 Å². The fourth-order valence-electron chi connectivity index (χ4n) is 2.23. The van der Waals surface area contributed by atoms with Gasteiger partial charge in [0.15, 0.2) is 5.43 Å². The van der Waals surface area contributed by atoms with E-state index in [1.54, 1.807) is 0 Å². The van der Waals surface area contributed by atoms with Crippen LogP contribution in [0.25, 0.3) is 6.08 Å². The van der Waals surface area contributed by atoms with E-state index >= 15 is 0 Å². The summed E-state index contributed by atoms with van der Waals surface area (Å²) in [4.78, 5) is 35.7. The van der Waals surface area contributed by atoms with Gasteiger partial charge in [-0.3, -0.25) is 14.4 Å². The van der Waals surface area contributed by atoms with E-state index in [0.29, 0.717) is 5.69 Å². The number of allylic oxidation sites excluding steroid dienone is 1. The molecule has 0 bridgehead atoms. The molecule has 0 saturated carbocycles. The zero-order valence-corrected chi connectivity index (χ0v) is 13.2. The second kappa shape index (κ2) is 10.4. The van der Waals surface area contributed by atoms with E-state index in [0.717, 1.165) is 44.9 Å². The van der Waals surface area contributed by atoms with Crippen molar-refractivity contribution in [1.29, 1.82) is 0 Å². The van der Waals surface area contributed by atoms with Crippen molar-refractivity contribution in [3.8, 4) is 0 Å². The Morgan fingerprint density at radius 2 is 1.78 bits per heavy atom. The van der Waals surface area contributed by atoms with E-state index in [1.165, 1.54) is 12.3 Å². The lowest BCUT2D eigenvalue weighted by molar-refractivity contribution is -0.137. The van der Waals surface area contributed by atoms with Crippen LogP contribution in [0.3, 0.4) is 0 Å². The van der Waals surface area contributed by atoms with Gasteiger partial charge in [-0.15, -0.1) is 0 Å². The van der Waals surface area contributed by atoms with E-state index in [4.69, 9.17) is 10.8 Å². The number of H-pyrrole nitrogens is 1. The third-order valence-corrected chi connectivity index (χ3v) is 3.51. The van der Waals surface area contributed by atoms with Crippen molar-refractivity contribution in [2.45, 2.75) is 51.4 Å². The molecule has 1 amide bonds. The van der Waals surface area contributed by atoms with Gasteiger partial charge in [-0.2, -0.15) is 0 Å². The van der Waals surface area contributed by atoms with Gasteiger partial charge < -0.3 is 15.8 Å². The topological polar surface area (TPSA) is 113 Å². The van der Waals surface area contributed by atoms with Gasteiger partial charge in [0.25, 0.3) is 5.91 Å². The van der Waals surface area contributed by atoms with Gasteiger partial charge in [-0.25, -0.2) is 0 Å². The van der Waals surface area contributed by atoms with E-state index in [-0.39, 0.29) is 17.4 Å². The van der Waals surface area contributed by atoms with Crippen molar-refractivity contribution in [1.82, 2.24) is 4.98 Å². The summed E-state index contributed by atoms with van der Waals surface area (Å²) in [7, 11) is 0. The molecule has 0 aliphatic rings. The average Bonchev–Trinajstić information content (AvgIpc) is 2.48. The number of carbonyl (C=O) groups excluding carboxylic acids is 1. The average molecular weight is 320 g/mol. The second-order valence-electron chi connectivity index (χ2n) is 5.49. The number of aromatic amines is 1. The summed E-state index contributed by atoms with van der Waals surface area (Å²) in [5, 5.41) is 8.51. The Morgan fingerprint density at radius 3 is 2.39 bits per heavy atom. The highest BCUT2D eigenvalue weighted by Gasteiger charge is 2.05. The summed E-state index contributed by atoms with van der Waals surface area (Å²) < 4.78 is 0. The summed E-state index contributed by atoms with van der Waals surface area (Å²) in [6, 6.07) is 1.36. The molecule has 0 saturated heterocycles. The van der Waals surface area contributed by atoms with Crippen LogP contribution in [0.1, 0.15) is 67.4 Å². The molecule has 4 N–H and O–H groups in total. The minimum absolute atomic E-state index is 0.0370. The number of aromatic nitrogens is 1. The van der Waals surface area contributed by atoms with Gasteiger partial charge in [0.1, 0.15) is 5.56 Å². The Labute approximate surface area is 135 Å². The number of aliphatic carboxylic acids is 1. The first-order valence-corrected chi connectivity index (χ1v) is 7.91. The Hall–Kier alpha value is -2.37. The number of hydrogen-bond acceptors (Lipinski definition) is 3. The predicted molar refractivity (Wildman–Crippen MR) is 89.2 cm³/mol. The largest absolute Gasteiger partial charge is 0.481 e. The number of carboxylic acids is 1. The first kappa shape index (κ1) is 18.7. The van der Waals surface area contributed by atoms with Crippen LogP contribution in [-0.4, -0.2) is 22.0 Å². The molecule has 1 aromatic rings. The number of nitrogens with one attached hydrogen (secondary N) is 1. The fourth-order valence-corrected chi connectivity index (χ4v) is 2.23. The molecule has 0 radical (unpaired) electrons. The molecule has 0 atom stereocenters. The molecule has 1 aromatic heterocycles. The Kier molecular flexibility index (Phi) is 8.42. The smallest absolute Gasteiger partial charge is 0.303 e. The molecule has 126 valence electrons. The van der Waals surface area contributed by atoms with E-state index in [9.17, 15) is 14.4 Å². The fraction of sp³-hybridized carbons (Fsp3) is 0.471. The van der Waals surface area contributed by atoms with Crippen LogP contribution >= 0.6 is 0 Å². The van der Waals surface area contributed by atoms with Crippen molar-refractivity contribution < 1.29 is 14.7 Å². The van der Waals surface area contributed by atoms with Crippen LogP contribution in [0.5, 0.6) is 0 Å². The maximum atomic E-state index is 11.6. The maximum absolute atomic E-state index is 11.6. The normalized spacial score (nSPS) is 11.0. The number of carboxylic acid groups (broad SMARTS) is 1. The molecular weight excluding hydrogens is 296 g/mol. The molecule has 0 aliphatic heterocycles. The molecule has 0 unspecified atom stereocenters. The van der Waals surface area contributed by atoms with Crippen LogP contribution < -0.4 is 11.2 Å². The number of amides is 1. The van der Waals surface area contributed by atoms with Crippen LogP contribution in [0.2, 0.25) is 0 Å². The highest BCUT2D eigenvalue weighted by atomic mass is 16.4. The highest BCUT2D eigenvalue weighted by Crippen LogP contribution is 2.09. The second-order valence-corrected chi connectivity index (χ2v) is 5.49. The monoisotopic (exact) mass is 320 g/mol. The lowest BCUT2D eigenvalue weighted by Gasteiger charge is -1.99. The molecule has 6 heteroatoms. The first-order chi connectivity index (χ1) is 11.0. The van der Waals surface area contributed by atoms with Crippen molar-refractivity contribution in [2.24, 2.45) is 5.73 Å². The van der Waals surface area contributed by atoms with Gasteiger partial charge in [0.05, 0.1) is 0 Å². The van der Waals surface area contributed by atoms with Crippen LogP contribution in [0, 0.1) is 0 Å². The van der Waals surface area contributed by atoms with Crippen LogP contribution in [-0.2, 0) is 4.79 Å². The Bertz CT molecular complexity index is 605. The predicted octanol–water partition coefficient (Wildman–Crippen LogP) is 2.69. The standard InChI is InChI=1S/C17H24N2O4/c18-17(23)14-12-19-13(11-15(14)20)9-7-5-3-1-2-4-6-8-10-16(21)22/h7,9,11-12H,1-6,8,10H2,(H2,18,23)(H,19,20)(H,21,22). The number of primary amides is 1. The van der Waals surface area contributed by atoms with Crippen molar-refractivity contribution in [3.05, 3.63) is 39.8 Å². The lowest BCUT2D eigenvalue weighted by Crippen LogP contribution is -2.21. The first-order valence-electron chi connectivity index (χ1n) is 7.91. The zero-order valence-electron chi connectivity index (χ0n) is 13.2. The zero-order chi connectivity index (χ0) is 17.1. The number of nitrogens with two attached hydrogens (primary N) is 1. The summed E-state index contributed by atoms with van der Waals surface area (Å²) >= 11 is 0. The summed E-state index contributed by atoms with van der Waals surface area (Å²) in [5.74, 6) is -1.46. The number of hydrogen-bond donors (Lipinski definition) is 3. The van der Waals surface area contributed by atoms with E-state index in [2.05, 4.69) is 4.98 Å². The molecule has 0 spiro atoms. The number of rotatable bonds is 11. The molecule has 6 nitrogen and oxygen atoms in total. The van der Waals surface area contributed by atoms with Crippen molar-refractivity contribution in [2.75, 3.05) is 0 Å². The summed E-state index contributed by atoms with van der Waals surface area (Å²) in [5.41, 5.74) is 5.30. The Morgan fingerprint density at radius 1 is 1.13 bits per heavy atom. The number of carbonyl (C=O) groups is 2. The van der Waals surface area contributed by atoms with Gasteiger partial charge in [0.2, 0.25) is 0 Å². The van der Waals surface area contributed by atoms with E-state index < -0.39 is 11.9 Å². The lowest BCUT2D eigenvalue weighted by atomic mass is 10.1. The molecule has 23 heavy (non-hydrogen) atoms. The summed E-state index contributed by atoms with van der Waals surface area (Å²) in [6.45, 7) is 0. The van der Waals surface area contributed by atoms with Crippen molar-refractivity contribution >= 4 is 18.0 Å². The molecule has 1 heterocycles. The minimum Gasteiger partial charge on any atom is -0.481 e. The van der Waals surface area contributed by atoms with Gasteiger partial charge in [0, 0.05) is 24.4 Å². The summed E-state index contributed by atoms with van der Waals surface area (Å²) in [6.07, 6.45) is 12.4.